The summed E-state index contributed by atoms with van der Waals surface area (Å²) < 4.78 is 0. The van der Waals surface area contributed by atoms with Crippen molar-refractivity contribution >= 4 is 67.5 Å². The zero-order chi connectivity index (χ0) is 23.7. The highest BCUT2D eigenvalue weighted by Gasteiger charge is 2.33. The predicted molar refractivity (Wildman–Crippen MR) is 147 cm³/mol. The number of halogens is 3. The molecule has 2 atom stereocenters. The molecule has 1 aliphatic carbocycles. The van der Waals surface area contributed by atoms with E-state index in [1.54, 1.807) is 0 Å². The normalized spacial score (nSPS) is 18.4. The molecule has 35 heavy (non-hydrogen) atoms. The van der Waals surface area contributed by atoms with E-state index in [0.29, 0.717) is 0 Å². The van der Waals surface area contributed by atoms with Crippen LogP contribution in [0.3, 0.4) is 0 Å². The molecule has 3 aromatic heterocycles. The molecule has 7 rings (SSSR count). The molecule has 0 fully saturated rings. The van der Waals surface area contributed by atoms with E-state index >= 15 is 0 Å². The molecule has 0 spiro atoms. The molecule has 174 valence electrons. The summed E-state index contributed by atoms with van der Waals surface area (Å²) in [4.78, 5) is 10.7. The van der Waals surface area contributed by atoms with Crippen molar-refractivity contribution in [3.05, 3.63) is 104 Å². The van der Waals surface area contributed by atoms with Crippen LogP contribution in [0.5, 0.6) is 0 Å². The molecule has 0 saturated heterocycles. The Morgan fingerprint density at radius 3 is 1.74 bits per heavy atom. The van der Waals surface area contributed by atoms with Crippen molar-refractivity contribution in [1.29, 1.82) is 0 Å². The van der Waals surface area contributed by atoms with Gasteiger partial charge in [-0.25, -0.2) is 0 Å². The van der Waals surface area contributed by atoms with Crippen molar-refractivity contribution in [1.82, 2.24) is 15.0 Å². The number of H-pyrrole nitrogens is 3. The number of hydrogen-bond donors (Lipinski definition) is 3. The molecule has 3 N–H and O–H groups in total. The number of rotatable bonds is 2. The van der Waals surface area contributed by atoms with E-state index in [9.17, 15) is 0 Å². The lowest BCUT2D eigenvalue weighted by atomic mass is 9.85. The first-order valence-electron chi connectivity index (χ1n) is 11.9. The van der Waals surface area contributed by atoms with E-state index in [0.717, 1.165) is 50.9 Å². The molecule has 0 radical (unpaired) electrons. The number of hydrogen-bond acceptors (Lipinski definition) is 0. The fraction of sp³-hybridized carbons (Fsp3) is 0.172. The quantitative estimate of drug-likeness (QED) is 0.191. The molecule has 3 aromatic carbocycles. The summed E-state index contributed by atoms with van der Waals surface area (Å²) in [7, 11) is 0. The molecule has 0 bridgehead atoms. The first-order chi connectivity index (χ1) is 17.1. The zero-order valence-electron chi connectivity index (χ0n) is 18.8. The Labute approximate surface area is 217 Å². The van der Waals surface area contributed by atoms with Crippen molar-refractivity contribution in [2.24, 2.45) is 0 Å². The average molecular weight is 519 g/mol. The van der Waals surface area contributed by atoms with Gasteiger partial charge in [0, 0.05) is 77.7 Å². The molecule has 6 aromatic rings. The van der Waals surface area contributed by atoms with Crippen molar-refractivity contribution in [3.8, 4) is 0 Å². The summed E-state index contributed by atoms with van der Waals surface area (Å²) in [6.45, 7) is 0. The van der Waals surface area contributed by atoms with Crippen LogP contribution in [-0.4, -0.2) is 15.0 Å². The topological polar surface area (TPSA) is 47.4 Å². The molecule has 3 nitrogen and oxygen atoms in total. The van der Waals surface area contributed by atoms with Crippen LogP contribution < -0.4 is 0 Å². The number of fused-ring (bicyclic) bond motifs is 5. The fourth-order valence-electron chi connectivity index (χ4n) is 6.10. The van der Waals surface area contributed by atoms with E-state index in [4.69, 9.17) is 34.8 Å². The van der Waals surface area contributed by atoms with Crippen LogP contribution in [0.25, 0.3) is 32.7 Å². The predicted octanol–water partition coefficient (Wildman–Crippen LogP) is 9.54. The minimum absolute atomic E-state index is 0.224. The first kappa shape index (κ1) is 21.4. The maximum atomic E-state index is 6.52. The van der Waals surface area contributed by atoms with Crippen LogP contribution in [0.15, 0.2) is 67.0 Å². The van der Waals surface area contributed by atoms with Crippen molar-refractivity contribution in [3.63, 3.8) is 0 Å². The minimum Gasteiger partial charge on any atom is -0.361 e. The number of aromatic amines is 3. The van der Waals surface area contributed by atoms with E-state index < -0.39 is 0 Å². The standard InChI is InChI=1S/C29H22Cl3N3/c30-15-4-7-25-20(10-15)23(13-33-25)18-2-1-3-19(24-14-34-26-8-5-16(31)11-21(24)26)29-28(18)22-12-17(32)6-9-27(22)35-29/h4-14,18-19,33-35H,1-3H2/t18-,19+/m1/s1. The van der Waals surface area contributed by atoms with Gasteiger partial charge in [0.05, 0.1) is 0 Å². The van der Waals surface area contributed by atoms with E-state index in [-0.39, 0.29) is 11.8 Å². The third-order valence-corrected chi connectivity index (χ3v) is 8.32. The zero-order valence-corrected chi connectivity index (χ0v) is 21.0. The van der Waals surface area contributed by atoms with E-state index in [2.05, 4.69) is 63.7 Å². The third-order valence-electron chi connectivity index (χ3n) is 7.62. The molecule has 3 heterocycles. The summed E-state index contributed by atoms with van der Waals surface area (Å²) in [6, 6.07) is 18.3. The van der Waals surface area contributed by atoms with Crippen LogP contribution in [0.1, 0.15) is 53.5 Å². The Bertz CT molecular complexity index is 1740. The van der Waals surface area contributed by atoms with Gasteiger partial charge >= 0.3 is 0 Å². The second-order valence-corrected chi connectivity index (χ2v) is 10.9. The van der Waals surface area contributed by atoms with Gasteiger partial charge in [0.1, 0.15) is 0 Å². The lowest BCUT2D eigenvalue weighted by Crippen LogP contribution is -2.04. The first-order valence-corrected chi connectivity index (χ1v) is 13.0. The number of nitrogens with one attached hydrogen (secondary N) is 3. The second kappa shape index (κ2) is 8.09. The van der Waals surface area contributed by atoms with Crippen molar-refractivity contribution < 1.29 is 0 Å². The van der Waals surface area contributed by atoms with Crippen LogP contribution in [0.2, 0.25) is 15.1 Å². The molecule has 0 unspecified atom stereocenters. The molecule has 0 saturated carbocycles. The Morgan fingerprint density at radius 1 is 0.600 bits per heavy atom. The Morgan fingerprint density at radius 2 is 1.11 bits per heavy atom. The summed E-state index contributed by atoms with van der Waals surface area (Å²) >= 11 is 19.4. The van der Waals surface area contributed by atoms with Gasteiger partial charge in [0.2, 0.25) is 0 Å². The summed E-state index contributed by atoms with van der Waals surface area (Å²) in [5, 5.41) is 5.81. The van der Waals surface area contributed by atoms with Crippen molar-refractivity contribution in [2.75, 3.05) is 0 Å². The van der Waals surface area contributed by atoms with Crippen LogP contribution >= 0.6 is 34.8 Å². The van der Waals surface area contributed by atoms with Gasteiger partial charge in [0.25, 0.3) is 0 Å². The molecular formula is C29H22Cl3N3. The Balaban J connectivity index is 1.49. The average Bonchev–Trinajstić information content (AvgIpc) is 3.52. The summed E-state index contributed by atoms with van der Waals surface area (Å²) in [5.41, 5.74) is 8.50. The summed E-state index contributed by atoms with van der Waals surface area (Å²) in [5.74, 6) is 0.449. The molecule has 0 aliphatic heterocycles. The number of benzene rings is 3. The minimum atomic E-state index is 0.224. The highest BCUT2D eigenvalue weighted by Crippen LogP contribution is 2.48. The monoisotopic (exact) mass is 517 g/mol. The maximum absolute atomic E-state index is 6.52. The number of aromatic nitrogens is 3. The van der Waals surface area contributed by atoms with Gasteiger partial charge in [-0.05, 0) is 84.1 Å². The SMILES string of the molecule is Clc1ccc2[nH]cc([C@@H]3CCC[C@H](c4c[nH]c5ccc(Cl)cc45)c4c3[nH]c3ccc(Cl)cc43)c2c1. The van der Waals surface area contributed by atoms with Gasteiger partial charge in [-0.2, -0.15) is 0 Å². The lowest BCUT2D eigenvalue weighted by molar-refractivity contribution is 0.628. The third kappa shape index (κ3) is 3.41. The van der Waals surface area contributed by atoms with Crippen molar-refractivity contribution in [2.45, 2.75) is 31.1 Å². The Hall–Kier alpha value is -2.85. The molecule has 1 aliphatic rings. The van der Waals surface area contributed by atoms with Gasteiger partial charge in [0.15, 0.2) is 0 Å². The van der Waals surface area contributed by atoms with E-state index in [1.807, 2.05) is 18.2 Å². The Kier molecular flexibility index (Phi) is 4.96. The largest absolute Gasteiger partial charge is 0.361 e. The van der Waals surface area contributed by atoms with Gasteiger partial charge in [-0.1, -0.05) is 41.2 Å². The van der Waals surface area contributed by atoms with Crippen LogP contribution in [0.4, 0.5) is 0 Å². The lowest BCUT2D eigenvalue weighted by Gasteiger charge is -2.18. The molecular weight excluding hydrogens is 497 g/mol. The van der Waals surface area contributed by atoms with Gasteiger partial charge in [-0.15, -0.1) is 0 Å². The highest BCUT2D eigenvalue weighted by atomic mass is 35.5. The van der Waals surface area contributed by atoms with Crippen LogP contribution in [0, 0.1) is 0 Å². The molecule has 0 amide bonds. The highest BCUT2D eigenvalue weighted by molar-refractivity contribution is 6.32. The second-order valence-electron chi connectivity index (χ2n) is 9.55. The van der Waals surface area contributed by atoms with Gasteiger partial charge < -0.3 is 15.0 Å². The van der Waals surface area contributed by atoms with Gasteiger partial charge in [-0.3, -0.25) is 0 Å². The smallest absolute Gasteiger partial charge is 0.0460 e. The maximum Gasteiger partial charge on any atom is 0.0460 e. The van der Waals surface area contributed by atoms with Crippen LogP contribution in [-0.2, 0) is 0 Å². The summed E-state index contributed by atoms with van der Waals surface area (Å²) in [6.07, 6.45) is 7.50. The van der Waals surface area contributed by atoms with E-state index in [1.165, 1.54) is 38.5 Å². The molecule has 6 heteroatoms. The fourth-order valence-corrected chi connectivity index (χ4v) is 6.61.